The van der Waals surface area contributed by atoms with Crippen LogP contribution < -0.4 is 4.74 Å². The van der Waals surface area contributed by atoms with Gasteiger partial charge in [-0.3, -0.25) is 0 Å². The number of thioether (sulfide) groups is 1. The Labute approximate surface area is 106 Å². The zero-order valence-corrected chi connectivity index (χ0v) is 11.2. The van der Waals surface area contributed by atoms with E-state index in [-0.39, 0.29) is 6.01 Å². The summed E-state index contributed by atoms with van der Waals surface area (Å²) < 4.78 is 13.4. The number of aromatic nitrogens is 2. The quantitative estimate of drug-likeness (QED) is 0.478. The average Bonchev–Trinajstić information content (AvgIpc) is 2.30. The van der Waals surface area contributed by atoms with Gasteiger partial charge in [0.05, 0.1) is 0 Å². The molecule has 0 fully saturated rings. The summed E-state index contributed by atoms with van der Waals surface area (Å²) in [7, 11) is 1.53. The summed E-state index contributed by atoms with van der Waals surface area (Å²) in [5.41, 5.74) is 0. The van der Waals surface area contributed by atoms with Gasteiger partial charge in [-0.1, -0.05) is 11.8 Å². The summed E-state index contributed by atoms with van der Waals surface area (Å²) in [5.74, 6) is 2.82. The van der Waals surface area contributed by atoms with Gasteiger partial charge in [-0.2, -0.15) is 0 Å². The first kappa shape index (κ1) is 12.5. The number of ether oxygens (including phenoxy) is 2. The predicted molar refractivity (Wildman–Crippen MR) is 67.7 cm³/mol. The van der Waals surface area contributed by atoms with E-state index < -0.39 is 5.12 Å². The first-order valence-corrected chi connectivity index (χ1v) is 6.26. The molecule has 0 spiro atoms. The van der Waals surface area contributed by atoms with Crippen molar-refractivity contribution in [3.63, 3.8) is 0 Å². The highest BCUT2D eigenvalue weighted by atomic mass is 127. The molecule has 0 aromatic carbocycles. The number of nitrogens with zero attached hydrogens (tertiary/aromatic N) is 2. The van der Waals surface area contributed by atoms with E-state index in [1.54, 1.807) is 18.5 Å². The third-order valence-electron chi connectivity index (χ3n) is 1.51. The van der Waals surface area contributed by atoms with E-state index in [9.17, 15) is 0 Å². The largest absolute Gasteiger partial charge is 0.409 e. The van der Waals surface area contributed by atoms with Crippen molar-refractivity contribution < 1.29 is 9.47 Å². The van der Waals surface area contributed by atoms with E-state index in [0.717, 1.165) is 0 Å². The predicted octanol–water partition coefficient (Wildman–Crippen LogP) is 1.91. The van der Waals surface area contributed by atoms with E-state index in [4.69, 9.17) is 9.47 Å². The highest BCUT2D eigenvalue weighted by Crippen LogP contribution is 2.25. The van der Waals surface area contributed by atoms with Crippen LogP contribution in [0.4, 0.5) is 0 Å². The van der Waals surface area contributed by atoms with Crippen LogP contribution in [0.3, 0.4) is 0 Å². The lowest BCUT2D eigenvalue weighted by atomic mass is 10.6. The standard InChI is InChI=1S/C9H9IN2O2S/c1-13-9(15-2,4-5-10)14-8-11-6-3-7-12-8/h3,6-7H,1-2H3. The second kappa shape index (κ2) is 6.15. The Kier molecular flexibility index (Phi) is 5.14. The summed E-state index contributed by atoms with van der Waals surface area (Å²) in [4.78, 5) is 7.89. The maximum absolute atomic E-state index is 5.48. The summed E-state index contributed by atoms with van der Waals surface area (Å²) in [6.07, 6.45) is 5.04. The van der Waals surface area contributed by atoms with E-state index in [1.165, 1.54) is 18.9 Å². The zero-order chi connectivity index (χ0) is 11.1. The van der Waals surface area contributed by atoms with Gasteiger partial charge < -0.3 is 9.47 Å². The number of hydrogen-bond donors (Lipinski definition) is 0. The molecule has 0 aliphatic carbocycles. The lowest BCUT2D eigenvalue weighted by molar-refractivity contribution is -0.0450. The summed E-state index contributed by atoms with van der Waals surface area (Å²) >= 11 is 3.26. The van der Waals surface area contributed by atoms with Crippen molar-refractivity contribution in [3.8, 4) is 15.9 Å². The normalized spacial score (nSPS) is 13.5. The molecule has 1 heterocycles. The average molecular weight is 336 g/mol. The molecule has 1 aromatic rings. The van der Waals surface area contributed by atoms with Gasteiger partial charge in [0.25, 0.3) is 0 Å². The molecule has 4 nitrogen and oxygen atoms in total. The Morgan fingerprint density at radius 3 is 2.60 bits per heavy atom. The molecule has 0 bridgehead atoms. The molecule has 6 heteroatoms. The second-order valence-corrected chi connectivity index (χ2v) is 3.80. The topological polar surface area (TPSA) is 44.2 Å². The highest BCUT2D eigenvalue weighted by molar-refractivity contribution is 14.1. The van der Waals surface area contributed by atoms with E-state index in [1.807, 2.05) is 28.8 Å². The molecule has 15 heavy (non-hydrogen) atoms. The molecule has 1 atom stereocenters. The Morgan fingerprint density at radius 2 is 2.13 bits per heavy atom. The van der Waals surface area contributed by atoms with Crippen molar-refractivity contribution in [3.05, 3.63) is 18.5 Å². The van der Waals surface area contributed by atoms with Gasteiger partial charge in [0, 0.05) is 42.1 Å². The first-order chi connectivity index (χ1) is 7.26. The van der Waals surface area contributed by atoms with Crippen LogP contribution in [0.5, 0.6) is 6.01 Å². The SMILES string of the molecule is COC(C#CI)(Oc1ncccn1)SC. The fourth-order valence-electron chi connectivity index (χ4n) is 0.810. The molecular formula is C9H9IN2O2S. The summed E-state index contributed by atoms with van der Waals surface area (Å²) in [6, 6.07) is 1.96. The van der Waals surface area contributed by atoms with Crippen molar-refractivity contribution in [2.24, 2.45) is 0 Å². The van der Waals surface area contributed by atoms with Crippen molar-refractivity contribution >= 4 is 34.4 Å². The van der Waals surface area contributed by atoms with Crippen LogP contribution in [0, 0.1) is 9.85 Å². The number of halogens is 1. The molecule has 1 aromatic heterocycles. The molecule has 1 unspecified atom stereocenters. The van der Waals surface area contributed by atoms with Crippen LogP contribution in [0.25, 0.3) is 0 Å². The first-order valence-electron chi connectivity index (χ1n) is 3.95. The smallest absolute Gasteiger partial charge is 0.330 e. The summed E-state index contributed by atoms with van der Waals surface area (Å²) in [6.45, 7) is 0. The van der Waals surface area contributed by atoms with E-state index >= 15 is 0 Å². The van der Waals surface area contributed by atoms with Crippen molar-refractivity contribution in [1.29, 1.82) is 0 Å². The minimum atomic E-state index is -1.04. The molecule has 0 saturated carbocycles. The second-order valence-electron chi connectivity index (χ2n) is 2.32. The Hall–Kier alpha value is -0.520. The van der Waals surface area contributed by atoms with Gasteiger partial charge in [-0.15, -0.1) is 0 Å². The van der Waals surface area contributed by atoms with Gasteiger partial charge in [0.15, 0.2) is 0 Å². The van der Waals surface area contributed by atoms with E-state index in [2.05, 4.69) is 19.8 Å². The fourth-order valence-corrected chi connectivity index (χ4v) is 1.83. The lowest BCUT2D eigenvalue weighted by Crippen LogP contribution is -2.33. The van der Waals surface area contributed by atoms with Crippen LogP contribution in [0.1, 0.15) is 0 Å². The van der Waals surface area contributed by atoms with Crippen molar-refractivity contribution in [2.45, 2.75) is 5.12 Å². The lowest BCUT2D eigenvalue weighted by Gasteiger charge is -2.23. The third-order valence-corrected chi connectivity index (χ3v) is 2.66. The molecule has 0 radical (unpaired) electrons. The number of methoxy groups -OCH3 is 1. The van der Waals surface area contributed by atoms with Gasteiger partial charge in [-0.05, 0) is 22.2 Å². The molecule has 0 aliphatic rings. The maximum atomic E-state index is 5.48. The number of rotatable bonds is 4. The molecule has 0 aliphatic heterocycles. The molecule has 80 valence electrons. The van der Waals surface area contributed by atoms with Gasteiger partial charge in [0.1, 0.15) is 0 Å². The van der Waals surface area contributed by atoms with Crippen molar-refractivity contribution in [1.82, 2.24) is 9.97 Å². The Balaban J connectivity index is 2.87. The summed E-state index contributed by atoms with van der Waals surface area (Å²) in [5, 5.41) is -1.04. The van der Waals surface area contributed by atoms with Crippen molar-refractivity contribution in [2.75, 3.05) is 13.4 Å². The number of hydrogen-bond acceptors (Lipinski definition) is 5. The molecule has 0 N–H and O–H groups in total. The van der Waals surface area contributed by atoms with Gasteiger partial charge in [0.2, 0.25) is 0 Å². The van der Waals surface area contributed by atoms with Crippen LogP contribution in [0.15, 0.2) is 18.5 Å². The third kappa shape index (κ3) is 3.52. The van der Waals surface area contributed by atoms with Crippen LogP contribution in [0.2, 0.25) is 0 Å². The Morgan fingerprint density at radius 1 is 1.47 bits per heavy atom. The Bertz CT molecular complexity index is 359. The maximum Gasteiger partial charge on any atom is 0.330 e. The van der Waals surface area contributed by atoms with Crippen LogP contribution in [-0.4, -0.2) is 28.5 Å². The minimum absolute atomic E-state index is 0.243. The monoisotopic (exact) mass is 336 g/mol. The minimum Gasteiger partial charge on any atom is -0.409 e. The molecular weight excluding hydrogens is 327 g/mol. The van der Waals surface area contributed by atoms with Gasteiger partial charge >= 0.3 is 11.1 Å². The molecule has 0 saturated heterocycles. The molecule has 0 amide bonds. The highest BCUT2D eigenvalue weighted by Gasteiger charge is 2.30. The van der Waals surface area contributed by atoms with Crippen LogP contribution in [-0.2, 0) is 4.74 Å². The molecule has 1 rings (SSSR count). The zero-order valence-electron chi connectivity index (χ0n) is 8.23. The van der Waals surface area contributed by atoms with Crippen LogP contribution >= 0.6 is 34.4 Å². The fraction of sp³-hybridized carbons (Fsp3) is 0.333. The van der Waals surface area contributed by atoms with E-state index in [0.29, 0.717) is 0 Å². The van der Waals surface area contributed by atoms with Gasteiger partial charge in [-0.25, -0.2) is 9.97 Å².